The number of rotatable bonds is 8. The molecule has 3 rings (SSSR count). The largest absolute Gasteiger partial charge is 0.490 e. The molecule has 9 nitrogen and oxygen atoms in total. The highest BCUT2D eigenvalue weighted by Gasteiger charge is 2.40. The summed E-state index contributed by atoms with van der Waals surface area (Å²) in [5.74, 6) is -1.25. The summed E-state index contributed by atoms with van der Waals surface area (Å²) in [5, 5.41) is 2.26. The average Bonchev–Trinajstić information content (AvgIpc) is 3.25. The lowest BCUT2D eigenvalue weighted by molar-refractivity contribution is -0.145. The van der Waals surface area contributed by atoms with Crippen LogP contribution in [0.2, 0.25) is 0 Å². The van der Waals surface area contributed by atoms with Crippen molar-refractivity contribution < 1.29 is 33.4 Å². The fourth-order valence-corrected chi connectivity index (χ4v) is 4.31. The van der Waals surface area contributed by atoms with E-state index in [4.69, 9.17) is 14.2 Å². The van der Waals surface area contributed by atoms with Gasteiger partial charge in [0, 0.05) is 6.04 Å². The second-order valence-electron chi connectivity index (χ2n) is 7.29. The summed E-state index contributed by atoms with van der Waals surface area (Å²) in [5.41, 5.74) is 0.356. The third-order valence-corrected chi connectivity index (χ3v) is 5.69. The number of halogens is 1. The molecule has 10 heteroatoms. The van der Waals surface area contributed by atoms with Gasteiger partial charge in [0.05, 0.1) is 17.7 Å². The standard InChI is InChI=1S/C22H25BrN2O7/c1-3-30-17-11-13(10-16(23)19(17)32-12-18(26)31-4-2)9-15-20(27)24-22(29)25(21(15)28)14-7-5-6-8-14/h9-11,14H,3-8,12H2,1-2H3,(H,24,27,29)/b15-9+. The van der Waals surface area contributed by atoms with Crippen molar-refractivity contribution in [2.24, 2.45) is 0 Å². The number of ether oxygens (including phenoxy) is 3. The van der Waals surface area contributed by atoms with Crippen LogP contribution in [0, 0.1) is 0 Å². The number of hydrogen-bond donors (Lipinski definition) is 1. The van der Waals surface area contributed by atoms with Crippen LogP contribution in [0.25, 0.3) is 6.08 Å². The van der Waals surface area contributed by atoms with Crippen LogP contribution in [0.3, 0.4) is 0 Å². The molecule has 0 unspecified atom stereocenters. The van der Waals surface area contributed by atoms with E-state index in [0.29, 0.717) is 28.1 Å². The second kappa shape index (κ2) is 10.6. The van der Waals surface area contributed by atoms with Crippen molar-refractivity contribution in [1.82, 2.24) is 10.2 Å². The molecule has 32 heavy (non-hydrogen) atoms. The van der Waals surface area contributed by atoms with Crippen LogP contribution < -0.4 is 14.8 Å². The average molecular weight is 509 g/mol. The molecule has 2 fully saturated rings. The van der Waals surface area contributed by atoms with E-state index in [1.54, 1.807) is 26.0 Å². The van der Waals surface area contributed by atoms with E-state index >= 15 is 0 Å². The molecule has 0 aromatic heterocycles. The zero-order valence-corrected chi connectivity index (χ0v) is 19.5. The number of barbiturate groups is 1. The van der Waals surface area contributed by atoms with E-state index < -0.39 is 23.8 Å². The predicted octanol–water partition coefficient (Wildman–Crippen LogP) is 3.19. The van der Waals surface area contributed by atoms with Gasteiger partial charge in [0.25, 0.3) is 11.8 Å². The first kappa shape index (κ1) is 23.8. The highest BCUT2D eigenvalue weighted by atomic mass is 79.9. The van der Waals surface area contributed by atoms with Gasteiger partial charge in [-0.3, -0.25) is 19.8 Å². The summed E-state index contributed by atoms with van der Waals surface area (Å²) in [6.07, 6.45) is 4.74. The fraction of sp³-hybridized carbons (Fsp3) is 0.455. The van der Waals surface area contributed by atoms with E-state index in [1.807, 2.05) is 0 Å². The minimum absolute atomic E-state index is 0.133. The highest BCUT2D eigenvalue weighted by molar-refractivity contribution is 9.10. The molecule has 0 atom stereocenters. The van der Waals surface area contributed by atoms with Gasteiger partial charge in [-0.2, -0.15) is 0 Å². The third-order valence-electron chi connectivity index (χ3n) is 5.11. The van der Waals surface area contributed by atoms with Crippen molar-refractivity contribution in [3.05, 3.63) is 27.7 Å². The first-order chi connectivity index (χ1) is 15.3. The van der Waals surface area contributed by atoms with Gasteiger partial charge in [-0.25, -0.2) is 9.59 Å². The van der Waals surface area contributed by atoms with Crippen LogP contribution >= 0.6 is 15.9 Å². The summed E-state index contributed by atoms with van der Waals surface area (Å²) in [4.78, 5) is 50.5. The third kappa shape index (κ3) is 5.29. The molecular formula is C22H25BrN2O7. The Hall–Kier alpha value is -2.88. The Balaban J connectivity index is 1.90. The molecule has 1 saturated carbocycles. The topological polar surface area (TPSA) is 111 Å². The van der Waals surface area contributed by atoms with E-state index in [0.717, 1.165) is 30.6 Å². The zero-order chi connectivity index (χ0) is 23.3. The lowest BCUT2D eigenvalue weighted by Crippen LogP contribution is -2.57. The van der Waals surface area contributed by atoms with Gasteiger partial charge in [-0.15, -0.1) is 0 Å². The lowest BCUT2D eigenvalue weighted by Gasteiger charge is -2.31. The molecule has 4 amide bonds. The van der Waals surface area contributed by atoms with E-state index in [2.05, 4.69) is 21.2 Å². The minimum Gasteiger partial charge on any atom is -0.490 e. The lowest BCUT2D eigenvalue weighted by atomic mass is 10.0. The molecule has 1 N–H and O–H groups in total. The van der Waals surface area contributed by atoms with Crippen LogP contribution in [-0.2, 0) is 19.1 Å². The Kier molecular flexibility index (Phi) is 7.89. The van der Waals surface area contributed by atoms with Gasteiger partial charge in [-0.05, 0) is 66.4 Å². The molecule has 1 aliphatic carbocycles. The number of hydrogen-bond acceptors (Lipinski definition) is 7. The molecular weight excluding hydrogens is 484 g/mol. The van der Waals surface area contributed by atoms with Crippen molar-refractivity contribution in [2.45, 2.75) is 45.6 Å². The van der Waals surface area contributed by atoms with Crippen molar-refractivity contribution in [3.63, 3.8) is 0 Å². The molecule has 0 radical (unpaired) electrons. The van der Waals surface area contributed by atoms with Crippen LogP contribution in [0.15, 0.2) is 22.2 Å². The Morgan fingerprint density at radius 3 is 2.53 bits per heavy atom. The maximum absolute atomic E-state index is 13.0. The van der Waals surface area contributed by atoms with E-state index in [9.17, 15) is 19.2 Å². The smallest absolute Gasteiger partial charge is 0.344 e. The molecule has 172 valence electrons. The SMILES string of the molecule is CCOC(=O)COc1c(Br)cc(/C=C2\C(=O)NC(=O)N(C3CCCC3)C2=O)cc1OCC. The van der Waals surface area contributed by atoms with Crippen molar-refractivity contribution in [3.8, 4) is 11.5 Å². The van der Waals surface area contributed by atoms with Crippen molar-refractivity contribution in [2.75, 3.05) is 19.8 Å². The molecule has 1 aromatic rings. The first-order valence-corrected chi connectivity index (χ1v) is 11.3. The Bertz CT molecular complexity index is 954. The zero-order valence-electron chi connectivity index (χ0n) is 17.9. The number of benzene rings is 1. The van der Waals surface area contributed by atoms with Crippen molar-refractivity contribution in [1.29, 1.82) is 0 Å². The van der Waals surface area contributed by atoms with Gasteiger partial charge >= 0.3 is 12.0 Å². The molecule has 1 saturated heterocycles. The molecule has 1 heterocycles. The summed E-state index contributed by atoms with van der Waals surface area (Å²) in [6, 6.07) is 2.34. The second-order valence-corrected chi connectivity index (χ2v) is 8.14. The number of carbonyl (C=O) groups is 4. The number of urea groups is 1. The monoisotopic (exact) mass is 508 g/mol. The van der Waals surface area contributed by atoms with E-state index in [-0.39, 0.29) is 24.8 Å². The highest BCUT2D eigenvalue weighted by Crippen LogP contribution is 2.38. The summed E-state index contributed by atoms with van der Waals surface area (Å²) in [6.45, 7) is 3.76. The summed E-state index contributed by atoms with van der Waals surface area (Å²) >= 11 is 3.39. The number of nitrogens with zero attached hydrogens (tertiary/aromatic N) is 1. The molecule has 1 aliphatic heterocycles. The Morgan fingerprint density at radius 1 is 1.16 bits per heavy atom. The summed E-state index contributed by atoms with van der Waals surface area (Å²) < 4.78 is 16.5. The van der Waals surface area contributed by atoms with Gasteiger partial charge in [-0.1, -0.05) is 12.8 Å². The number of nitrogens with one attached hydrogen (secondary N) is 1. The first-order valence-electron chi connectivity index (χ1n) is 10.5. The molecule has 1 aromatic carbocycles. The quantitative estimate of drug-likeness (QED) is 0.326. The minimum atomic E-state index is -0.744. The summed E-state index contributed by atoms with van der Waals surface area (Å²) in [7, 11) is 0. The van der Waals surface area contributed by atoms with Crippen LogP contribution in [0.5, 0.6) is 11.5 Å². The number of amides is 4. The molecule has 0 spiro atoms. The number of carbonyl (C=O) groups excluding carboxylic acids is 4. The molecule has 2 aliphatic rings. The van der Waals surface area contributed by atoms with Gasteiger partial charge < -0.3 is 14.2 Å². The molecule has 0 bridgehead atoms. The fourth-order valence-electron chi connectivity index (χ4n) is 3.74. The van der Waals surface area contributed by atoms with Crippen LogP contribution in [-0.4, -0.2) is 54.6 Å². The maximum atomic E-state index is 13.0. The maximum Gasteiger partial charge on any atom is 0.344 e. The number of imide groups is 2. The Labute approximate surface area is 194 Å². The Morgan fingerprint density at radius 2 is 1.88 bits per heavy atom. The van der Waals surface area contributed by atoms with Gasteiger partial charge in [0.2, 0.25) is 0 Å². The van der Waals surface area contributed by atoms with Gasteiger partial charge in [0.15, 0.2) is 18.1 Å². The number of esters is 1. The predicted molar refractivity (Wildman–Crippen MR) is 118 cm³/mol. The van der Waals surface area contributed by atoms with Gasteiger partial charge in [0.1, 0.15) is 5.57 Å². The van der Waals surface area contributed by atoms with Crippen molar-refractivity contribution >= 4 is 45.8 Å². The normalized spacial score (nSPS) is 18.2. The van der Waals surface area contributed by atoms with E-state index in [1.165, 1.54) is 6.08 Å². The van der Waals surface area contributed by atoms with Crippen LogP contribution in [0.4, 0.5) is 4.79 Å². The van der Waals surface area contributed by atoms with Crippen LogP contribution in [0.1, 0.15) is 45.1 Å².